The molecule has 0 bridgehead atoms. The number of unbranched alkanes of at least 4 members (excludes halogenated alkanes) is 2. The summed E-state index contributed by atoms with van der Waals surface area (Å²) in [4.78, 5) is 27.8. The van der Waals surface area contributed by atoms with Gasteiger partial charge >= 0.3 is 6.03 Å². The summed E-state index contributed by atoms with van der Waals surface area (Å²) < 4.78 is 0. The monoisotopic (exact) mass is 252 g/mol. The largest absolute Gasteiger partial charge is 0.344 e. The van der Waals surface area contributed by atoms with Gasteiger partial charge in [0.05, 0.1) is 6.54 Å². The first kappa shape index (κ1) is 14.2. The standard InChI is InChI=1S/C12H20N4O2/c1-3-4-5-6-7-8-13-12(18)15-11-14-10(17)9-16(11)2/h6-7H,3-5,8-9H2,1-2H3,(H2,13,14,15,17,18)/b7-6+. The molecule has 0 aliphatic carbocycles. The Hall–Kier alpha value is -1.85. The van der Waals surface area contributed by atoms with Crippen LogP contribution in [-0.2, 0) is 4.79 Å². The van der Waals surface area contributed by atoms with Crippen LogP contribution in [0.25, 0.3) is 0 Å². The Morgan fingerprint density at radius 1 is 1.56 bits per heavy atom. The summed E-state index contributed by atoms with van der Waals surface area (Å²) in [6.07, 6.45) is 7.30. The van der Waals surface area contributed by atoms with Gasteiger partial charge < -0.3 is 10.2 Å². The normalized spacial score (nSPS) is 17.6. The molecule has 0 atom stereocenters. The summed E-state index contributed by atoms with van der Waals surface area (Å²) in [5, 5.41) is 5.14. The average molecular weight is 252 g/mol. The molecule has 0 radical (unpaired) electrons. The van der Waals surface area contributed by atoms with Crippen LogP contribution in [0.5, 0.6) is 0 Å². The van der Waals surface area contributed by atoms with Crippen molar-refractivity contribution in [2.45, 2.75) is 26.2 Å². The number of aliphatic imine (C=N–C) groups is 1. The molecule has 6 nitrogen and oxygen atoms in total. The number of hydrogen-bond acceptors (Lipinski definition) is 2. The Morgan fingerprint density at radius 3 is 2.94 bits per heavy atom. The zero-order valence-corrected chi connectivity index (χ0v) is 10.9. The smallest absolute Gasteiger partial charge is 0.336 e. The highest BCUT2D eigenvalue weighted by atomic mass is 16.2. The van der Waals surface area contributed by atoms with E-state index in [1.54, 1.807) is 11.9 Å². The number of nitrogens with one attached hydrogen (secondary N) is 2. The minimum Gasteiger partial charge on any atom is -0.336 e. The molecule has 1 aliphatic heterocycles. The molecule has 18 heavy (non-hydrogen) atoms. The van der Waals surface area contributed by atoms with Crippen molar-refractivity contribution in [1.82, 2.24) is 15.5 Å². The number of guanidine groups is 1. The van der Waals surface area contributed by atoms with Gasteiger partial charge in [-0.1, -0.05) is 31.9 Å². The van der Waals surface area contributed by atoms with Crippen molar-refractivity contribution in [2.75, 3.05) is 20.1 Å². The second kappa shape index (κ2) is 7.47. The topological polar surface area (TPSA) is 73.8 Å². The van der Waals surface area contributed by atoms with E-state index in [2.05, 4.69) is 22.5 Å². The van der Waals surface area contributed by atoms with Crippen LogP contribution >= 0.6 is 0 Å². The molecule has 1 heterocycles. The van der Waals surface area contributed by atoms with Gasteiger partial charge in [0.2, 0.25) is 11.9 Å². The van der Waals surface area contributed by atoms with Crippen LogP contribution < -0.4 is 10.6 Å². The van der Waals surface area contributed by atoms with Gasteiger partial charge in [0, 0.05) is 13.6 Å². The van der Waals surface area contributed by atoms with Crippen LogP contribution in [-0.4, -0.2) is 42.9 Å². The molecule has 0 unspecified atom stereocenters. The van der Waals surface area contributed by atoms with Crippen LogP contribution in [0.3, 0.4) is 0 Å². The van der Waals surface area contributed by atoms with E-state index in [1.165, 1.54) is 0 Å². The molecule has 6 heteroatoms. The summed E-state index contributed by atoms with van der Waals surface area (Å²) in [5.41, 5.74) is 0. The highest BCUT2D eigenvalue weighted by molar-refractivity contribution is 6.07. The lowest BCUT2D eigenvalue weighted by atomic mass is 10.2. The summed E-state index contributed by atoms with van der Waals surface area (Å²) in [6.45, 7) is 2.83. The number of rotatable bonds is 5. The molecule has 2 N–H and O–H groups in total. The predicted octanol–water partition coefficient (Wildman–Crippen LogP) is 0.860. The molecular formula is C12H20N4O2. The lowest BCUT2D eigenvalue weighted by Crippen LogP contribution is -2.31. The van der Waals surface area contributed by atoms with Crippen molar-refractivity contribution in [3.8, 4) is 0 Å². The summed E-state index contributed by atoms with van der Waals surface area (Å²) in [6, 6.07) is -0.445. The average Bonchev–Trinajstić information content (AvgIpc) is 2.62. The van der Waals surface area contributed by atoms with Crippen LogP contribution in [0.15, 0.2) is 17.1 Å². The first-order chi connectivity index (χ1) is 8.63. The van der Waals surface area contributed by atoms with E-state index in [0.29, 0.717) is 12.5 Å². The molecule has 1 fully saturated rings. The van der Waals surface area contributed by atoms with Crippen LogP contribution in [0.1, 0.15) is 26.2 Å². The fourth-order valence-corrected chi connectivity index (χ4v) is 1.47. The van der Waals surface area contributed by atoms with E-state index in [-0.39, 0.29) is 12.5 Å². The molecule has 1 rings (SSSR count). The SMILES string of the molecule is CCCC/C=C/CNC(=O)/N=C1\NC(=O)CN1C. The fraction of sp³-hybridized carbons (Fsp3) is 0.583. The minimum absolute atomic E-state index is 0.150. The third-order valence-electron chi connectivity index (χ3n) is 2.46. The Kier molecular flexibility index (Phi) is 5.90. The molecule has 0 aromatic heterocycles. The van der Waals surface area contributed by atoms with Crippen molar-refractivity contribution in [1.29, 1.82) is 0 Å². The van der Waals surface area contributed by atoms with Crippen LogP contribution in [0.4, 0.5) is 4.79 Å². The van der Waals surface area contributed by atoms with E-state index in [0.717, 1.165) is 19.3 Å². The number of amides is 3. The fourth-order valence-electron chi connectivity index (χ4n) is 1.47. The maximum Gasteiger partial charge on any atom is 0.344 e. The number of likely N-dealkylation sites (N-methyl/N-ethyl adjacent to an activating group) is 1. The molecule has 1 aliphatic rings. The quantitative estimate of drug-likeness (QED) is 0.563. The van der Waals surface area contributed by atoms with Gasteiger partial charge in [-0.15, -0.1) is 0 Å². The molecule has 0 aromatic carbocycles. The maximum atomic E-state index is 11.4. The number of nitrogens with zero attached hydrogens (tertiary/aromatic N) is 2. The van der Waals surface area contributed by atoms with Crippen molar-refractivity contribution < 1.29 is 9.59 Å². The summed E-state index contributed by atoms with van der Waals surface area (Å²) in [7, 11) is 1.70. The van der Waals surface area contributed by atoms with Crippen molar-refractivity contribution in [2.24, 2.45) is 4.99 Å². The molecule has 0 spiro atoms. The van der Waals surface area contributed by atoms with Crippen LogP contribution in [0.2, 0.25) is 0 Å². The van der Waals surface area contributed by atoms with Crippen molar-refractivity contribution >= 4 is 17.9 Å². The minimum atomic E-state index is -0.445. The van der Waals surface area contributed by atoms with E-state index in [4.69, 9.17) is 0 Å². The highest BCUT2D eigenvalue weighted by Crippen LogP contribution is 1.95. The summed E-state index contributed by atoms with van der Waals surface area (Å²) >= 11 is 0. The van der Waals surface area contributed by atoms with E-state index >= 15 is 0 Å². The van der Waals surface area contributed by atoms with E-state index < -0.39 is 6.03 Å². The van der Waals surface area contributed by atoms with Gasteiger partial charge in [-0.25, -0.2) is 4.79 Å². The van der Waals surface area contributed by atoms with Gasteiger partial charge in [0.25, 0.3) is 0 Å². The first-order valence-electron chi connectivity index (χ1n) is 6.16. The second-order valence-electron chi connectivity index (χ2n) is 4.14. The highest BCUT2D eigenvalue weighted by Gasteiger charge is 2.21. The molecule has 0 aromatic rings. The number of urea groups is 1. The second-order valence-corrected chi connectivity index (χ2v) is 4.14. The van der Waals surface area contributed by atoms with Gasteiger partial charge in [-0.2, -0.15) is 4.99 Å². The molecule has 1 saturated heterocycles. The Labute approximate surface area is 107 Å². The first-order valence-corrected chi connectivity index (χ1v) is 6.16. The number of hydrogen-bond donors (Lipinski definition) is 2. The number of allylic oxidation sites excluding steroid dienone is 1. The van der Waals surface area contributed by atoms with Gasteiger partial charge in [-0.05, 0) is 6.42 Å². The zero-order chi connectivity index (χ0) is 13.4. The summed E-state index contributed by atoms with van der Waals surface area (Å²) in [5.74, 6) is 0.149. The van der Waals surface area contributed by atoms with E-state index in [1.807, 2.05) is 12.2 Å². The maximum absolute atomic E-state index is 11.4. The molecular weight excluding hydrogens is 232 g/mol. The number of carbonyl (C=O) groups is 2. The number of carbonyl (C=O) groups excluding carboxylic acids is 2. The predicted molar refractivity (Wildman–Crippen MR) is 70.3 cm³/mol. The third kappa shape index (κ3) is 4.99. The lowest BCUT2D eigenvalue weighted by molar-refractivity contribution is -0.118. The van der Waals surface area contributed by atoms with Crippen LogP contribution in [0, 0.1) is 0 Å². The third-order valence-corrected chi connectivity index (χ3v) is 2.46. The van der Waals surface area contributed by atoms with E-state index in [9.17, 15) is 9.59 Å². The molecule has 0 saturated carbocycles. The van der Waals surface area contributed by atoms with Crippen molar-refractivity contribution in [3.05, 3.63) is 12.2 Å². The van der Waals surface area contributed by atoms with Gasteiger partial charge in [0.1, 0.15) is 0 Å². The zero-order valence-electron chi connectivity index (χ0n) is 10.9. The Morgan fingerprint density at radius 2 is 2.33 bits per heavy atom. The molecule has 100 valence electrons. The van der Waals surface area contributed by atoms with Gasteiger partial charge in [0.15, 0.2) is 0 Å². The Balaban J connectivity index is 2.27. The lowest BCUT2D eigenvalue weighted by Gasteiger charge is -2.07. The Bertz CT molecular complexity index is 363. The van der Waals surface area contributed by atoms with Gasteiger partial charge in [-0.3, -0.25) is 10.1 Å². The molecule has 3 amide bonds. The van der Waals surface area contributed by atoms with Crippen molar-refractivity contribution in [3.63, 3.8) is 0 Å².